The number of hydrogen-bond donors (Lipinski definition) is 1. The van der Waals surface area contributed by atoms with Crippen LogP contribution >= 0.6 is 12.4 Å². The molecule has 0 saturated carbocycles. The van der Waals surface area contributed by atoms with Crippen LogP contribution in [0, 0.1) is 11.7 Å². The molecule has 0 bridgehead atoms. The van der Waals surface area contributed by atoms with Gasteiger partial charge in [0.2, 0.25) is 0 Å². The maximum atomic E-state index is 13.1. The van der Waals surface area contributed by atoms with E-state index in [4.69, 9.17) is 5.73 Å². The summed E-state index contributed by atoms with van der Waals surface area (Å²) in [6, 6.07) is 2.46. The molecule has 19 heavy (non-hydrogen) atoms. The first-order valence-electron chi connectivity index (χ1n) is 5.84. The molecule has 2 N–H and O–H groups in total. The second-order valence-corrected chi connectivity index (χ2v) is 4.81. The van der Waals surface area contributed by atoms with Gasteiger partial charge in [-0.2, -0.15) is 13.2 Å². The third-order valence-electron chi connectivity index (χ3n) is 2.78. The lowest BCUT2D eigenvalue weighted by molar-refractivity contribution is -0.140. The van der Waals surface area contributed by atoms with Gasteiger partial charge in [0.25, 0.3) is 0 Å². The van der Waals surface area contributed by atoms with E-state index >= 15 is 0 Å². The van der Waals surface area contributed by atoms with Crippen molar-refractivity contribution in [3.63, 3.8) is 0 Å². The van der Waals surface area contributed by atoms with Crippen molar-refractivity contribution in [1.82, 2.24) is 0 Å². The summed E-state index contributed by atoms with van der Waals surface area (Å²) in [5.41, 5.74) is 4.89. The van der Waals surface area contributed by atoms with Crippen LogP contribution in [0.1, 0.15) is 43.9 Å². The Kier molecular flexibility index (Phi) is 6.80. The van der Waals surface area contributed by atoms with E-state index in [0.717, 1.165) is 18.6 Å². The van der Waals surface area contributed by atoms with Crippen LogP contribution in [-0.4, -0.2) is 0 Å². The first-order valence-corrected chi connectivity index (χ1v) is 5.84. The Morgan fingerprint density at radius 3 is 2.21 bits per heavy atom. The van der Waals surface area contributed by atoms with Crippen LogP contribution in [-0.2, 0) is 6.18 Å². The SMILES string of the molecule is CC(C)CC[C@H](N)c1ccc(F)c(C(F)(F)F)c1.Cl. The molecule has 1 aromatic rings. The highest BCUT2D eigenvalue weighted by Gasteiger charge is 2.34. The van der Waals surface area contributed by atoms with Gasteiger partial charge in [0, 0.05) is 6.04 Å². The van der Waals surface area contributed by atoms with E-state index in [1.165, 1.54) is 6.07 Å². The number of hydrogen-bond acceptors (Lipinski definition) is 1. The Hall–Kier alpha value is -0.810. The number of alkyl halides is 3. The highest BCUT2D eigenvalue weighted by atomic mass is 35.5. The Morgan fingerprint density at radius 1 is 1.16 bits per heavy atom. The van der Waals surface area contributed by atoms with Gasteiger partial charge < -0.3 is 5.73 Å². The topological polar surface area (TPSA) is 26.0 Å². The molecule has 1 aromatic carbocycles. The Balaban J connectivity index is 0.00000324. The van der Waals surface area contributed by atoms with Gasteiger partial charge in [0.05, 0.1) is 5.56 Å². The number of halogens is 5. The van der Waals surface area contributed by atoms with Crippen molar-refractivity contribution in [2.24, 2.45) is 11.7 Å². The summed E-state index contributed by atoms with van der Waals surface area (Å²) >= 11 is 0. The van der Waals surface area contributed by atoms with Crippen molar-refractivity contribution in [2.45, 2.75) is 38.9 Å². The molecule has 1 rings (SSSR count). The maximum absolute atomic E-state index is 13.1. The number of benzene rings is 1. The highest BCUT2D eigenvalue weighted by molar-refractivity contribution is 5.85. The van der Waals surface area contributed by atoms with E-state index in [-0.39, 0.29) is 12.4 Å². The fourth-order valence-corrected chi connectivity index (χ4v) is 1.67. The smallest absolute Gasteiger partial charge is 0.324 e. The molecule has 0 aromatic heterocycles. The largest absolute Gasteiger partial charge is 0.419 e. The minimum absolute atomic E-state index is 0. The summed E-state index contributed by atoms with van der Waals surface area (Å²) in [4.78, 5) is 0. The van der Waals surface area contributed by atoms with Crippen molar-refractivity contribution in [3.8, 4) is 0 Å². The molecule has 0 fully saturated rings. The average Bonchev–Trinajstić information content (AvgIpc) is 2.24. The van der Waals surface area contributed by atoms with Gasteiger partial charge in [-0.15, -0.1) is 12.4 Å². The van der Waals surface area contributed by atoms with E-state index in [1.54, 1.807) is 0 Å². The van der Waals surface area contributed by atoms with Crippen LogP contribution < -0.4 is 5.73 Å². The fourth-order valence-electron chi connectivity index (χ4n) is 1.67. The van der Waals surface area contributed by atoms with Crippen molar-refractivity contribution >= 4 is 12.4 Å². The van der Waals surface area contributed by atoms with Gasteiger partial charge in [-0.05, 0) is 36.5 Å². The summed E-state index contributed by atoms with van der Waals surface area (Å²) in [6.45, 7) is 4.02. The van der Waals surface area contributed by atoms with Crippen LogP contribution in [0.4, 0.5) is 17.6 Å². The van der Waals surface area contributed by atoms with Gasteiger partial charge in [0.15, 0.2) is 0 Å². The van der Waals surface area contributed by atoms with E-state index in [1.807, 2.05) is 13.8 Å². The second kappa shape index (κ2) is 7.10. The Bertz CT molecular complexity index is 404. The summed E-state index contributed by atoms with van der Waals surface area (Å²) in [7, 11) is 0. The van der Waals surface area contributed by atoms with Crippen LogP contribution in [0.15, 0.2) is 18.2 Å². The monoisotopic (exact) mass is 299 g/mol. The molecule has 0 amide bonds. The molecule has 0 unspecified atom stereocenters. The quantitative estimate of drug-likeness (QED) is 0.801. The van der Waals surface area contributed by atoms with Crippen molar-refractivity contribution < 1.29 is 17.6 Å². The van der Waals surface area contributed by atoms with Gasteiger partial charge in [-0.3, -0.25) is 0 Å². The third-order valence-corrected chi connectivity index (χ3v) is 2.78. The normalized spacial score (nSPS) is 13.3. The van der Waals surface area contributed by atoms with Gasteiger partial charge >= 0.3 is 6.18 Å². The molecule has 1 nitrogen and oxygen atoms in total. The predicted octanol–water partition coefficient (Wildman–Crippen LogP) is 4.70. The standard InChI is InChI=1S/C13H17F4N.ClH/c1-8(2)3-6-12(18)9-4-5-11(14)10(7-9)13(15,16)17;/h4-5,7-8,12H,3,6,18H2,1-2H3;1H/t12-;/m0./s1. The molecule has 0 heterocycles. The zero-order chi connectivity index (χ0) is 13.9. The molecule has 1 atom stereocenters. The summed E-state index contributed by atoms with van der Waals surface area (Å²) < 4.78 is 50.7. The van der Waals surface area contributed by atoms with Crippen LogP contribution in [0.25, 0.3) is 0 Å². The first-order chi connectivity index (χ1) is 8.21. The molecule has 0 radical (unpaired) electrons. The van der Waals surface area contributed by atoms with Crippen molar-refractivity contribution in [1.29, 1.82) is 0 Å². The van der Waals surface area contributed by atoms with E-state index < -0.39 is 23.6 Å². The van der Waals surface area contributed by atoms with Gasteiger partial charge in [0.1, 0.15) is 5.82 Å². The molecule has 0 aliphatic heterocycles. The van der Waals surface area contributed by atoms with Crippen molar-refractivity contribution in [3.05, 3.63) is 35.1 Å². The zero-order valence-corrected chi connectivity index (χ0v) is 11.6. The summed E-state index contributed by atoms with van der Waals surface area (Å²) in [5, 5.41) is 0. The minimum atomic E-state index is -4.68. The lowest BCUT2D eigenvalue weighted by Gasteiger charge is -2.16. The molecular formula is C13H18ClF4N. The predicted molar refractivity (Wildman–Crippen MR) is 69.7 cm³/mol. The Morgan fingerprint density at radius 2 is 1.74 bits per heavy atom. The molecule has 0 aliphatic carbocycles. The van der Waals surface area contributed by atoms with Crippen molar-refractivity contribution in [2.75, 3.05) is 0 Å². The maximum Gasteiger partial charge on any atom is 0.419 e. The molecule has 0 aliphatic rings. The molecule has 0 spiro atoms. The van der Waals surface area contributed by atoms with E-state index in [9.17, 15) is 17.6 Å². The zero-order valence-electron chi connectivity index (χ0n) is 10.8. The fraction of sp³-hybridized carbons (Fsp3) is 0.538. The summed E-state index contributed by atoms with van der Waals surface area (Å²) in [5.74, 6) is -0.833. The lowest BCUT2D eigenvalue weighted by Crippen LogP contribution is -2.14. The minimum Gasteiger partial charge on any atom is -0.324 e. The van der Waals surface area contributed by atoms with Crippen LogP contribution in [0.2, 0.25) is 0 Å². The number of nitrogens with two attached hydrogens (primary N) is 1. The lowest BCUT2D eigenvalue weighted by atomic mass is 9.97. The molecular weight excluding hydrogens is 282 g/mol. The van der Waals surface area contributed by atoms with E-state index in [2.05, 4.69) is 0 Å². The van der Waals surface area contributed by atoms with E-state index in [0.29, 0.717) is 17.9 Å². The second-order valence-electron chi connectivity index (χ2n) is 4.81. The van der Waals surface area contributed by atoms with Gasteiger partial charge in [-0.25, -0.2) is 4.39 Å². The van der Waals surface area contributed by atoms with Gasteiger partial charge in [-0.1, -0.05) is 19.9 Å². The Labute approximate surface area is 116 Å². The average molecular weight is 300 g/mol. The third kappa shape index (κ3) is 5.37. The highest BCUT2D eigenvalue weighted by Crippen LogP contribution is 2.33. The number of rotatable bonds is 4. The first kappa shape index (κ1) is 18.2. The summed E-state index contributed by atoms with van der Waals surface area (Å²) in [6.07, 6.45) is -3.28. The molecule has 110 valence electrons. The van der Waals surface area contributed by atoms with Crippen LogP contribution in [0.3, 0.4) is 0 Å². The molecule has 0 saturated heterocycles. The van der Waals surface area contributed by atoms with Crippen LogP contribution in [0.5, 0.6) is 0 Å². The molecule has 6 heteroatoms.